The van der Waals surface area contributed by atoms with E-state index in [1.54, 1.807) is 0 Å². The Kier molecular flexibility index (Phi) is 31.6. The molecule has 8 atom stereocenters. The third kappa shape index (κ3) is 30.0. The average molecular weight is 971 g/mol. The lowest BCUT2D eigenvalue weighted by molar-refractivity contribution is -0.213. The molecule has 0 spiro atoms. The van der Waals surface area contributed by atoms with Crippen molar-refractivity contribution in [3.8, 4) is 0 Å². The number of rotatable bonds is 39. The predicted octanol–water partition coefficient (Wildman–Crippen LogP) is 6.75. The summed E-state index contributed by atoms with van der Waals surface area (Å²) in [4.78, 5) is 84.6. The number of unbranched alkanes of at least 4 members (excludes halogenated alkanes) is 19. The molecule has 1 rings (SSSR count). The molecule has 1 fully saturated rings. The van der Waals surface area contributed by atoms with Crippen molar-refractivity contribution in [2.45, 2.75) is 224 Å². The van der Waals surface area contributed by atoms with Crippen molar-refractivity contribution in [3.63, 3.8) is 0 Å². The Hall–Kier alpha value is -1.18. The Labute approximate surface area is 372 Å². The molecule has 0 aromatic carbocycles. The first-order valence-corrected chi connectivity index (χ1v) is 27.3. The summed E-state index contributed by atoms with van der Waals surface area (Å²) in [6.07, 6.45) is 7.02. The molecule has 0 saturated heterocycles. The van der Waals surface area contributed by atoms with E-state index in [-0.39, 0.29) is 12.8 Å². The highest BCUT2D eigenvalue weighted by atomic mass is 31.2. The molecule has 1 aliphatic carbocycles. The van der Waals surface area contributed by atoms with Gasteiger partial charge in [0.15, 0.2) is 6.10 Å². The van der Waals surface area contributed by atoms with Gasteiger partial charge < -0.3 is 49.3 Å². The zero-order chi connectivity index (χ0) is 47.3. The molecule has 0 aliphatic heterocycles. The second-order valence-electron chi connectivity index (χ2n) is 16.3. The first-order chi connectivity index (χ1) is 29.7. The van der Waals surface area contributed by atoms with Gasteiger partial charge >= 0.3 is 35.4 Å². The van der Waals surface area contributed by atoms with Crippen LogP contribution in [0.25, 0.3) is 0 Å². The Bertz CT molecular complexity index is 1410. The normalized spacial score (nSPS) is 22.1. The number of phosphoric ester groups is 3. The lowest BCUT2D eigenvalue weighted by Gasteiger charge is -2.44. The van der Waals surface area contributed by atoms with E-state index in [1.807, 2.05) is 6.92 Å². The van der Waals surface area contributed by atoms with Gasteiger partial charge in [-0.05, 0) is 25.7 Å². The number of hydrogen-bond donors (Lipinski definition) is 8. The maximum atomic E-state index is 13.1. The molecule has 372 valence electrons. The second-order valence-corrected chi connectivity index (χ2v) is 20.1. The Morgan fingerprint density at radius 1 is 0.460 bits per heavy atom. The molecule has 4 unspecified atom stereocenters. The van der Waals surface area contributed by atoms with E-state index >= 15 is 0 Å². The molecular weight excluding hydrogens is 893 g/mol. The third-order valence-corrected chi connectivity index (χ3v) is 12.6. The number of aliphatic hydroxyl groups excluding tert-OH is 3. The van der Waals surface area contributed by atoms with Crippen LogP contribution >= 0.6 is 23.5 Å². The largest absolute Gasteiger partial charge is 0.472 e. The molecular formula is C40H77O20P3. The molecule has 0 heterocycles. The Balaban J connectivity index is 2.76. The molecule has 63 heavy (non-hydrogen) atoms. The van der Waals surface area contributed by atoms with E-state index in [4.69, 9.17) is 18.5 Å². The van der Waals surface area contributed by atoms with Gasteiger partial charge in [0.1, 0.15) is 49.0 Å². The number of Topliss-reactive ketones (excluding diaryl/α,β-unsaturated/α-hetero) is 1. The first-order valence-electron chi connectivity index (χ1n) is 22.7. The zero-order valence-electron chi connectivity index (χ0n) is 37.2. The Morgan fingerprint density at radius 2 is 0.857 bits per heavy atom. The summed E-state index contributed by atoms with van der Waals surface area (Å²) < 4.78 is 65.3. The van der Waals surface area contributed by atoms with Gasteiger partial charge in [-0.3, -0.25) is 32.5 Å². The third-order valence-electron chi connectivity index (χ3n) is 10.5. The average Bonchev–Trinajstić information content (AvgIpc) is 3.19. The van der Waals surface area contributed by atoms with E-state index in [1.165, 1.54) is 44.9 Å². The van der Waals surface area contributed by atoms with E-state index in [2.05, 4.69) is 16.0 Å². The molecule has 1 aliphatic rings. The van der Waals surface area contributed by atoms with Gasteiger partial charge in [0.05, 0.1) is 6.61 Å². The van der Waals surface area contributed by atoms with Gasteiger partial charge in [-0.15, -0.1) is 0 Å². The minimum Gasteiger partial charge on any atom is -0.462 e. The molecule has 0 bridgehead atoms. The first kappa shape index (κ1) is 59.8. The van der Waals surface area contributed by atoms with Crippen molar-refractivity contribution >= 4 is 41.2 Å². The fourth-order valence-electron chi connectivity index (χ4n) is 7.18. The summed E-state index contributed by atoms with van der Waals surface area (Å²) in [5, 5.41) is 31.8. The predicted molar refractivity (Wildman–Crippen MR) is 230 cm³/mol. The van der Waals surface area contributed by atoms with Gasteiger partial charge in [-0.2, -0.15) is 0 Å². The van der Waals surface area contributed by atoms with Crippen molar-refractivity contribution in [3.05, 3.63) is 0 Å². The van der Waals surface area contributed by atoms with Crippen LogP contribution in [0.2, 0.25) is 0 Å². The van der Waals surface area contributed by atoms with Crippen LogP contribution < -0.4 is 0 Å². The van der Waals surface area contributed by atoms with E-state index in [0.717, 1.165) is 83.5 Å². The number of hydrogen-bond acceptors (Lipinski definition) is 15. The van der Waals surface area contributed by atoms with Gasteiger partial charge in [0.25, 0.3) is 0 Å². The van der Waals surface area contributed by atoms with Crippen LogP contribution in [-0.2, 0) is 55.6 Å². The highest BCUT2D eigenvalue weighted by Gasteiger charge is 2.56. The second kappa shape index (κ2) is 33.3. The Morgan fingerprint density at radius 3 is 1.30 bits per heavy atom. The molecule has 20 nitrogen and oxygen atoms in total. The fraction of sp³-hybridized carbons (Fsp3) is 0.925. The smallest absolute Gasteiger partial charge is 0.462 e. The summed E-state index contributed by atoms with van der Waals surface area (Å²) >= 11 is 0. The minimum atomic E-state index is -5.60. The SMILES string of the molecule is CCCCCCCCCCCCCCCC(=O)O[C@H](COC(=O)CCCCCCCCCCC(=O)CCC)COP(=O)(O)OC1C(O)[C@@H](OP(=O)(O)O)C(OP(=O)(O)O)[C@@H](O)[C@H]1O. The zero-order valence-corrected chi connectivity index (χ0v) is 39.8. The number of phosphoric acid groups is 3. The minimum absolute atomic E-state index is 0.0103. The summed E-state index contributed by atoms with van der Waals surface area (Å²) in [6, 6.07) is 0. The van der Waals surface area contributed by atoms with Crippen LogP contribution in [0, 0.1) is 0 Å². The van der Waals surface area contributed by atoms with Crippen LogP contribution in [0.4, 0.5) is 0 Å². The lowest BCUT2D eigenvalue weighted by Crippen LogP contribution is -2.65. The van der Waals surface area contributed by atoms with Crippen LogP contribution in [0.5, 0.6) is 0 Å². The molecule has 0 amide bonds. The van der Waals surface area contributed by atoms with Gasteiger partial charge in [0, 0.05) is 25.7 Å². The van der Waals surface area contributed by atoms with E-state index in [0.29, 0.717) is 31.5 Å². The summed E-state index contributed by atoms with van der Waals surface area (Å²) in [5.41, 5.74) is 0. The molecule has 23 heteroatoms. The maximum Gasteiger partial charge on any atom is 0.472 e. The molecule has 0 aromatic rings. The number of ether oxygens (including phenoxy) is 2. The number of carbonyl (C=O) groups excluding carboxylic acids is 3. The molecule has 1 saturated carbocycles. The summed E-state index contributed by atoms with van der Waals surface area (Å²) in [6.45, 7) is 2.67. The maximum absolute atomic E-state index is 13.1. The van der Waals surface area contributed by atoms with Crippen molar-refractivity contribution in [1.29, 1.82) is 0 Å². The van der Waals surface area contributed by atoms with Crippen molar-refractivity contribution in [1.82, 2.24) is 0 Å². The summed E-state index contributed by atoms with van der Waals surface area (Å²) in [5.74, 6) is -1.03. The van der Waals surface area contributed by atoms with Crippen LogP contribution in [0.15, 0.2) is 0 Å². The standard InChI is InChI=1S/C40H77O20P3/c1-3-5-6-7-8-9-10-11-12-13-18-21-24-28-34(43)57-32(29-55-33(42)27-23-20-17-15-14-16-19-22-26-31(41)25-4-2)30-56-63(53,54)60-38-35(44)36(45)39(58-61(47,48)49)40(37(38)46)59-62(50,51)52/h32,35-40,44-46H,3-30H2,1-2H3,(H,53,54)(H2,47,48,49)(H2,50,51,52)/t32-,35-,36+,37?,38?,39?,40-/m1/s1. The fourth-order valence-corrected chi connectivity index (χ4v) is 9.27. The lowest BCUT2D eigenvalue weighted by atomic mass is 9.85. The monoisotopic (exact) mass is 970 g/mol. The quantitative estimate of drug-likeness (QED) is 0.0179. The number of carbonyl (C=O) groups is 3. The highest BCUT2D eigenvalue weighted by molar-refractivity contribution is 7.47. The molecule has 0 radical (unpaired) electrons. The van der Waals surface area contributed by atoms with Crippen LogP contribution in [0.3, 0.4) is 0 Å². The molecule has 0 aromatic heterocycles. The van der Waals surface area contributed by atoms with Gasteiger partial charge in [-0.25, -0.2) is 13.7 Å². The van der Waals surface area contributed by atoms with Crippen LogP contribution in [-0.4, -0.2) is 113 Å². The van der Waals surface area contributed by atoms with Crippen LogP contribution in [0.1, 0.15) is 181 Å². The topological polar surface area (TPSA) is 320 Å². The van der Waals surface area contributed by atoms with Gasteiger partial charge in [-0.1, -0.05) is 129 Å². The number of esters is 2. The summed E-state index contributed by atoms with van der Waals surface area (Å²) in [7, 11) is -16.6. The van der Waals surface area contributed by atoms with Crippen molar-refractivity contribution in [2.75, 3.05) is 13.2 Å². The van der Waals surface area contributed by atoms with Crippen molar-refractivity contribution in [2.24, 2.45) is 0 Å². The van der Waals surface area contributed by atoms with E-state index < -0.39 is 91.3 Å². The van der Waals surface area contributed by atoms with E-state index in [9.17, 15) is 67.9 Å². The number of ketones is 1. The molecule has 8 N–H and O–H groups in total. The van der Waals surface area contributed by atoms with Crippen molar-refractivity contribution < 1.29 is 95.4 Å². The number of aliphatic hydroxyl groups is 3. The highest BCUT2D eigenvalue weighted by Crippen LogP contribution is 2.51. The van der Waals surface area contributed by atoms with Gasteiger partial charge in [0.2, 0.25) is 0 Å².